The second-order valence-electron chi connectivity index (χ2n) is 7.69. The molecular formula is C26H25NO3S. The molecule has 0 radical (unpaired) electrons. The lowest BCUT2D eigenvalue weighted by Gasteiger charge is -2.28. The van der Waals surface area contributed by atoms with Crippen LogP contribution in [0.5, 0.6) is 11.5 Å². The van der Waals surface area contributed by atoms with Crippen molar-refractivity contribution in [2.24, 2.45) is 0 Å². The fourth-order valence-electron chi connectivity index (χ4n) is 3.93. The summed E-state index contributed by atoms with van der Waals surface area (Å²) >= 11 is 1.29. The number of likely N-dealkylation sites (tertiary alicyclic amines) is 1. The molecule has 1 aliphatic rings. The van der Waals surface area contributed by atoms with Crippen molar-refractivity contribution in [3.8, 4) is 11.5 Å². The van der Waals surface area contributed by atoms with Crippen LogP contribution in [-0.4, -0.2) is 27.2 Å². The number of para-hydroxylation sites is 1. The molecule has 0 aliphatic carbocycles. The first-order valence-corrected chi connectivity index (χ1v) is 11.3. The van der Waals surface area contributed by atoms with Gasteiger partial charge in [-0.05, 0) is 41.8 Å². The molecule has 31 heavy (non-hydrogen) atoms. The summed E-state index contributed by atoms with van der Waals surface area (Å²) in [5.41, 5.74) is 2.22. The maximum absolute atomic E-state index is 12.9. The molecule has 1 saturated heterocycles. The van der Waals surface area contributed by atoms with Gasteiger partial charge in [0.2, 0.25) is 5.91 Å². The van der Waals surface area contributed by atoms with Gasteiger partial charge in [0.1, 0.15) is 11.5 Å². The lowest BCUT2D eigenvalue weighted by atomic mass is 10.0. The topological polar surface area (TPSA) is 46.6 Å². The van der Waals surface area contributed by atoms with E-state index in [4.69, 9.17) is 4.74 Å². The van der Waals surface area contributed by atoms with E-state index in [0.29, 0.717) is 13.0 Å². The van der Waals surface area contributed by atoms with Crippen LogP contribution in [-0.2, 0) is 22.6 Å². The van der Waals surface area contributed by atoms with E-state index in [1.54, 1.807) is 6.92 Å². The Morgan fingerprint density at radius 3 is 2.16 bits per heavy atom. The van der Waals surface area contributed by atoms with Crippen LogP contribution >= 0.6 is 11.8 Å². The molecule has 0 bridgehead atoms. The average Bonchev–Trinajstić information content (AvgIpc) is 3.04. The lowest BCUT2D eigenvalue weighted by molar-refractivity contribution is -0.129. The standard InChI is InChI=1S/C26H25NO3S/c1-19(28)31-25-17-26(29)27(24(25)16-20-8-4-2-5-9-20)18-21-12-14-23(15-13-21)30-22-10-6-3-7-11-22/h2-15,24-25H,16-18H2,1H3. The van der Waals surface area contributed by atoms with Crippen molar-refractivity contribution in [3.05, 3.63) is 96.1 Å². The van der Waals surface area contributed by atoms with E-state index in [-0.39, 0.29) is 22.3 Å². The predicted molar refractivity (Wildman–Crippen MR) is 124 cm³/mol. The molecule has 1 heterocycles. The van der Waals surface area contributed by atoms with Crippen molar-refractivity contribution >= 4 is 22.8 Å². The van der Waals surface area contributed by atoms with E-state index < -0.39 is 0 Å². The normalized spacial score (nSPS) is 18.2. The van der Waals surface area contributed by atoms with Crippen LogP contribution in [0.25, 0.3) is 0 Å². The van der Waals surface area contributed by atoms with Gasteiger partial charge in [0, 0.05) is 31.2 Å². The number of carbonyl (C=O) groups is 2. The number of thioether (sulfide) groups is 1. The summed E-state index contributed by atoms with van der Waals surface area (Å²) in [7, 11) is 0. The molecule has 0 saturated carbocycles. The maximum atomic E-state index is 12.9. The van der Waals surface area contributed by atoms with Gasteiger partial charge >= 0.3 is 0 Å². The Hall–Kier alpha value is -3.05. The fraction of sp³-hybridized carbons (Fsp3) is 0.231. The number of amides is 1. The van der Waals surface area contributed by atoms with Crippen LogP contribution in [0.1, 0.15) is 24.5 Å². The van der Waals surface area contributed by atoms with Gasteiger partial charge in [-0.3, -0.25) is 9.59 Å². The van der Waals surface area contributed by atoms with Crippen LogP contribution in [0, 0.1) is 0 Å². The Bertz CT molecular complexity index is 1020. The van der Waals surface area contributed by atoms with Crippen LogP contribution in [0.3, 0.4) is 0 Å². The minimum Gasteiger partial charge on any atom is -0.457 e. The molecule has 5 heteroatoms. The summed E-state index contributed by atoms with van der Waals surface area (Å²) in [6, 6.07) is 27.6. The Morgan fingerprint density at radius 1 is 0.903 bits per heavy atom. The first-order valence-electron chi connectivity index (χ1n) is 10.4. The van der Waals surface area contributed by atoms with Gasteiger partial charge in [-0.2, -0.15) is 0 Å². The molecule has 0 spiro atoms. The molecule has 3 aromatic carbocycles. The van der Waals surface area contributed by atoms with Gasteiger partial charge in [-0.1, -0.05) is 72.4 Å². The molecule has 0 N–H and O–H groups in total. The van der Waals surface area contributed by atoms with E-state index >= 15 is 0 Å². The van der Waals surface area contributed by atoms with Gasteiger partial charge < -0.3 is 9.64 Å². The van der Waals surface area contributed by atoms with E-state index in [2.05, 4.69) is 12.1 Å². The Balaban J connectivity index is 1.49. The van der Waals surface area contributed by atoms with Gasteiger partial charge in [-0.15, -0.1) is 0 Å². The summed E-state index contributed by atoms with van der Waals surface area (Å²) in [4.78, 5) is 26.6. The molecule has 158 valence electrons. The number of ether oxygens (including phenoxy) is 1. The maximum Gasteiger partial charge on any atom is 0.224 e. The average molecular weight is 432 g/mol. The van der Waals surface area contributed by atoms with Gasteiger partial charge in [0.05, 0.1) is 0 Å². The number of nitrogens with zero attached hydrogens (tertiary/aromatic N) is 1. The van der Waals surface area contributed by atoms with Crippen molar-refractivity contribution in [1.29, 1.82) is 0 Å². The fourth-order valence-corrected chi connectivity index (χ4v) is 4.98. The van der Waals surface area contributed by atoms with Gasteiger partial charge in [0.25, 0.3) is 0 Å². The van der Waals surface area contributed by atoms with Crippen molar-refractivity contribution in [2.75, 3.05) is 0 Å². The number of benzene rings is 3. The SMILES string of the molecule is CC(=O)SC1CC(=O)N(Cc2ccc(Oc3ccccc3)cc2)C1Cc1ccccc1. The highest BCUT2D eigenvalue weighted by molar-refractivity contribution is 8.14. The summed E-state index contributed by atoms with van der Waals surface area (Å²) in [5, 5.41) is 0.0334. The zero-order valence-electron chi connectivity index (χ0n) is 17.4. The summed E-state index contributed by atoms with van der Waals surface area (Å²) in [5.74, 6) is 1.65. The lowest BCUT2D eigenvalue weighted by Crippen LogP contribution is -2.37. The number of hydrogen-bond donors (Lipinski definition) is 0. The van der Waals surface area contributed by atoms with Crippen molar-refractivity contribution in [1.82, 2.24) is 4.90 Å². The molecule has 1 fully saturated rings. The van der Waals surface area contributed by atoms with Crippen LogP contribution in [0.4, 0.5) is 0 Å². The number of hydrogen-bond acceptors (Lipinski definition) is 4. The van der Waals surface area contributed by atoms with E-state index in [1.807, 2.05) is 77.7 Å². The zero-order valence-corrected chi connectivity index (χ0v) is 18.3. The third-order valence-corrected chi connectivity index (χ3v) is 6.50. The smallest absolute Gasteiger partial charge is 0.224 e. The largest absolute Gasteiger partial charge is 0.457 e. The van der Waals surface area contributed by atoms with Crippen LogP contribution in [0.2, 0.25) is 0 Å². The zero-order chi connectivity index (χ0) is 21.6. The molecule has 4 nitrogen and oxygen atoms in total. The molecule has 4 rings (SSSR count). The predicted octanol–water partition coefficient (Wildman–Crippen LogP) is 5.47. The van der Waals surface area contributed by atoms with E-state index in [1.165, 1.54) is 17.3 Å². The van der Waals surface area contributed by atoms with Crippen LogP contribution in [0.15, 0.2) is 84.9 Å². The molecule has 1 amide bonds. The summed E-state index contributed by atoms with van der Waals surface area (Å²) < 4.78 is 5.86. The van der Waals surface area contributed by atoms with Crippen LogP contribution < -0.4 is 4.74 Å². The second-order valence-corrected chi connectivity index (χ2v) is 9.11. The number of rotatable bonds is 7. The highest BCUT2D eigenvalue weighted by Crippen LogP contribution is 2.34. The minimum atomic E-state index is -0.0223. The molecule has 2 unspecified atom stereocenters. The number of carbonyl (C=O) groups excluding carboxylic acids is 2. The Labute approximate surface area is 187 Å². The van der Waals surface area contributed by atoms with E-state index in [0.717, 1.165) is 23.5 Å². The Morgan fingerprint density at radius 2 is 1.52 bits per heavy atom. The first-order chi connectivity index (χ1) is 15.1. The minimum absolute atomic E-state index is 0.0101. The highest BCUT2D eigenvalue weighted by Gasteiger charge is 2.40. The van der Waals surface area contributed by atoms with Gasteiger partial charge in [0.15, 0.2) is 5.12 Å². The summed E-state index contributed by atoms with van der Waals surface area (Å²) in [6.07, 6.45) is 1.14. The molecule has 1 aliphatic heterocycles. The first kappa shape index (κ1) is 21.2. The highest BCUT2D eigenvalue weighted by atomic mass is 32.2. The van der Waals surface area contributed by atoms with Crippen molar-refractivity contribution < 1.29 is 14.3 Å². The van der Waals surface area contributed by atoms with Crippen molar-refractivity contribution in [3.63, 3.8) is 0 Å². The Kier molecular flexibility index (Phi) is 6.73. The second kappa shape index (κ2) is 9.84. The summed E-state index contributed by atoms with van der Waals surface area (Å²) in [6.45, 7) is 2.10. The molecule has 3 aromatic rings. The quantitative estimate of drug-likeness (QED) is 0.498. The van der Waals surface area contributed by atoms with Crippen molar-refractivity contribution in [2.45, 2.75) is 37.6 Å². The van der Waals surface area contributed by atoms with E-state index in [9.17, 15) is 9.59 Å². The monoisotopic (exact) mass is 431 g/mol. The van der Waals surface area contributed by atoms with Gasteiger partial charge in [-0.25, -0.2) is 0 Å². The molecule has 0 aromatic heterocycles. The third kappa shape index (κ3) is 5.56. The molecular weight excluding hydrogens is 406 g/mol. The third-order valence-electron chi connectivity index (χ3n) is 5.39. The molecule has 2 atom stereocenters.